The molecular formula is C19H17FN2O3. The maximum absolute atomic E-state index is 13.2. The molecule has 0 saturated heterocycles. The van der Waals surface area contributed by atoms with Crippen LogP contribution in [0, 0.1) is 5.82 Å². The molecule has 0 saturated carbocycles. The summed E-state index contributed by atoms with van der Waals surface area (Å²) in [6.45, 7) is 1.98. The van der Waals surface area contributed by atoms with Crippen molar-refractivity contribution in [2.75, 3.05) is 19.0 Å². The van der Waals surface area contributed by atoms with Crippen LogP contribution in [0.25, 0.3) is 5.57 Å². The van der Waals surface area contributed by atoms with Gasteiger partial charge in [-0.05, 0) is 36.8 Å². The minimum absolute atomic E-state index is 0.173. The predicted octanol–water partition coefficient (Wildman–Crippen LogP) is 3.05. The maximum Gasteiger partial charge on any atom is 0.278 e. The number of benzene rings is 2. The maximum atomic E-state index is 13.2. The van der Waals surface area contributed by atoms with Gasteiger partial charge in [-0.3, -0.25) is 14.5 Å². The van der Waals surface area contributed by atoms with Crippen LogP contribution in [0.1, 0.15) is 12.5 Å². The highest BCUT2D eigenvalue weighted by Gasteiger charge is 2.38. The molecule has 0 bridgehead atoms. The molecule has 0 spiro atoms. The quantitative estimate of drug-likeness (QED) is 0.850. The molecule has 0 aromatic heterocycles. The van der Waals surface area contributed by atoms with E-state index in [4.69, 9.17) is 4.74 Å². The van der Waals surface area contributed by atoms with E-state index < -0.39 is 17.6 Å². The first-order valence-electron chi connectivity index (χ1n) is 7.82. The van der Waals surface area contributed by atoms with Gasteiger partial charge in [-0.1, -0.05) is 18.2 Å². The van der Waals surface area contributed by atoms with Crippen molar-refractivity contribution in [2.24, 2.45) is 0 Å². The van der Waals surface area contributed by atoms with Crippen molar-refractivity contribution in [2.45, 2.75) is 6.92 Å². The second-order valence-corrected chi connectivity index (χ2v) is 5.47. The number of ether oxygens (including phenoxy) is 1. The van der Waals surface area contributed by atoms with Gasteiger partial charge in [-0.2, -0.15) is 0 Å². The normalized spacial score (nSPS) is 14.3. The zero-order chi connectivity index (χ0) is 18.0. The molecular weight excluding hydrogens is 323 g/mol. The number of amides is 2. The van der Waals surface area contributed by atoms with Crippen molar-refractivity contribution < 1.29 is 18.7 Å². The molecule has 2 aromatic rings. The number of anilines is 1. The van der Waals surface area contributed by atoms with Crippen molar-refractivity contribution in [1.29, 1.82) is 0 Å². The zero-order valence-corrected chi connectivity index (χ0v) is 13.9. The number of hydrogen-bond acceptors (Lipinski definition) is 4. The smallest absolute Gasteiger partial charge is 0.278 e. The number of carbonyl (C=O) groups is 2. The largest absolute Gasteiger partial charge is 0.497 e. The molecule has 3 rings (SSSR count). The molecule has 25 heavy (non-hydrogen) atoms. The van der Waals surface area contributed by atoms with Crippen molar-refractivity contribution in [1.82, 2.24) is 4.90 Å². The molecule has 0 aliphatic carbocycles. The molecule has 0 atom stereocenters. The van der Waals surface area contributed by atoms with E-state index in [1.54, 1.807) is 38.3 Å². The minimum atomic E-state index is -0.408. The van der Waals surface area contributed by atoms with Gasteiger partial charge in [0, 0.05) is 18.3 Å². The first-order valence-corrected chi connectivity index (χ1v) is 7.82. The van der Waals surface area contributed by atoms with Crippen LogP contribution in [-0.4, -0.2) is 30.4 Å². The van der Waals surface area contributed by atoms with Gasteiger partial charge in [0.1, 0.15) is 17.3 Å². The average molecular weight is 340 g/mol. The van der Waals surface area contributed by atoms with E-state index in [2.05, 4.69) is 5.32 Å². The first kappa shape index (κ1) is 16.7. The lowest BCUT2D eigenvalue weighted by molar-refractivity contribution is -0.136. The number of imide groups is 1. The van der Waals surface area contributed by atoms with Gasteiger partial charge >= 0.3 is 0 Å². The highest BCUT2D eigenvalue weighted by atomic mass is 19.1. The van der Waals surface area contributed by atoms with Crippen LogP contribution in [0.2, 0.25) is 0 Å². The van der Waals surface area contributed by atoms with Gasteiger partial charge in [0.15, 0.2) is 0 Å². The monoisotopic (exact) mass is 340 g/mol. The van der Waals surface area contributed by atoms with Gasteiger partial charge < -0.3 is 10.1 Å². The number of nitrogens with one attached hydrogen (secondary N) is 1. The van der Waals surface area contributed by atoms with Crippen molar-refractivity contribution >= 4 is 23.1 Å². The Kier molecular flexibility index (Phi) is 4.52. The van der Waals surface area contributed by atoms with Gasteiger partial charge in [0.05, 0.1) is 12.7 Å². The van der Waals surface area contributed by atoms with E-state index in [1.807, 2.05) is 0 Å². The van der Waals surface area contributed by atoms with Gasteiger partial charge in [0.25, 0.3) is 11.8 Å². The van der Waals surface area contributed by atoms with Crippen molar-refractivity contribution in [3.05, 3.63) is 65.6 Å². The highest BCUT2D eigenvalue weighted by molar-refractivity contribution is 6.36. The summed E-state index contributed by atoms with van der Waals surface area (Å²) < 4.78 is 18.4. The number of hydrogen-bond donors (Lipinski definition) is 1. The van der Waals surface area contributed by atoms with Crippen LogP contribution in [0.3, 0.4) is 0 Å². The summed E-state index contributed by atoms with van der Waals surface area (Å²) in [5, 5.41) is 3.02. The fraction of sp³-hybridized carbons (Fsp3) is 0.158. The summed E-state index contributed by atoms with van der Waals surface area (Å²) >= 11 is 0. The Morgan fingerprint density at radius 2 is 1.80 bits per heavy atom. The SMILES string of the molecule is CCN1C(=O)C(Nc2cccc(OC)c2)=C(c2ccc(F)cc2)C1=O. The minimum Gasteiger partial charge on any atom is -0.497 e. The molecule has 1 aliphatic rings. The number of carbonyl (C=O) groups excluding carboxylic acids is 2. The molecule has 2 aromatic carbocycles. The summed E-state index contributed by atoms with van der Waals surface area (Å²) in [6, 6.07) is 12.5. The molecule has 128 valence electrons. The molecule has 5 nitrogen and oxygen atoms in total. The van der Waals surface area contributed by atoms with E-state index in [0.29, 0.717) is 17.0 Å². The fourth-order valence-electron chi connectivity index (χ4n) is 2.71. The standard InChI is InChI=1S/C19H17FN2O3/c1-3-22-18(23)16(12-7-9-13(20)10-8-12)17(19(22)24)21-14-5-4-6-15(11-14)25-2/h4-11,21H,3H2,1-2H3. The van der Waals surface area contributed by atoms with Crippen molar-refractivity contribution in [3.63, 3.8) is 0 Å². The van der Waals surface area contributed by atoms with E-state index >= 15 is 0 Å². The Morgan fingerprint density at radius 1 is 1.08 bits per heavy atom. The zero-order valence-electron chi connectivity index (χ0n) is 13.9. The summed E-state index contributed by atoms with van der Waals surface area (Å²) in [5.41, 5.74) is 1.51. The average Bonchev–Trinajstić information content (AvgIpc) is 2.86. The second-order valence-electron chi connectivity index (χ2n) is 5.47. The third-order valence-electron chi connectivity index (χ3n) is 3.96. The molecule has 1 heterocycles. The van der Waals surface area contributed by atoms with Gasteiger partial charge in [-0.25, -0.2) is 4.39 Å². The van der Waals surface area contributed by atoms with E-state index in [-0.39, 0.29) is 17.8 Å². The topological polar surface area (TPSA) is 58.6 Å². The third kappa shape index (κ3) is 3.10. The predicted molar refractivity (Wildman–Crippen MR) is 92.3 cm³/mol. The lowest BCUT2D eigenvalue weighted by Gasteiger charge is -2.12. The number of halogens is 1. The molecule has 6 heteroatoms. The number of methoxy groups -OCH3 is 1. The van der Waals surface area contributed by atoms with Crippen LogP contribution in [0.4, 0.5) is 10.1 Å². The van der Waals surface area contributed by atoms with E-state index in [1.165, 1.54) is 24.3 Å². The molecule has 2 amide bonds. The Balaban J connectivity index is 2.07. The first-order chi connectivity index (χ1) is 12.0. The number of rotatable bonds is 5. The Bertz CT molecular complexity index is 859. The Hall–Kier alpha value is -3.15. The Morgan fingerprint density at radius 3 is 2.44 bits per heavy atom. The highest BCUT2D eigenvalue weighted by Crippen LogP contribution is 2.31. The molecule has 1 aliphatic heterocycles. The van der Waals surface area contributed by atoms with Gasteiger partial charge in [0.2, 0.25) is 0 Å². The van der Waals surface area contributed by atoms with Crippen LogP contribution < -0.4 is 10.1 Å². The summed E-state index contributed by atoms with van der Waals surface area (Å²) in [4.78, 5) is 26.4. The van der Waals surface area contributed by atoms with Crippen LogP contribution in [-0.2, 0) is 9.59 Å². The van der Waals surface area contributed by atoms with E-state index in [0.717, 1.165) is 4.90 Å². The molecule has 1 N–H and O–H groups in total. The number of likely N-dealkylation sites (N-methyl/N-ethyl adjacent to an activating group) is 1. The van der Waals surface area contributed by atoms with Crippen LogP contribution in [0.5, 0.6) is 5.75 Å². The summed E-state index contributed by atoms with van der Waals surface area (Å²) in [5.74, 6) is -0.590. The van der Waals surface area contributed by atoms with Gasteiger partial charge in [-0.15, -0.1) is 0 Å². The third-order valence-corrected chi connectivity index (χ3v) is 3.96. The molecule has 0 radical (unpaired) electrons. The molecule has 0 fully saturated rings. The van der Waals surface area contributed by atoms with Crippen LogP contribution in [0.15, 0.2) is 54.2 Å². The second kappa shape index (κ2) is 6.76. The summed E-state index contributed by atoms with van der Waals surface area (Å²) in [6.07, 6.45) is 0. The lowest BCUT2D eigenvalue weighted by Crippen LogP contribution is -2.32. The Labute approximate surface area is 144 Å². The fourth-order valence-corrected chi connectivity index (χ4v) is 2.71. The number of nitrogens with zero attached hydrogens (tertiary/aromatic N) is 1. The summed E-state index contributed by atoms with van der Waals surface area (Å²) in [7, 11) is 1.55. The van der Waals surface area contributed by atoms with Crippen LogP contribution >= 0.6 is 0 Å². The lowest BCUT2D eigenvalue weighted by atomic mass is 10.0. The molecule has 0 unspecified atom stereocenters. The van der Waals surface area contributed by atoms with E-state index in [9.17, 15) is 14.0 Å². The van der Waals surface area contributed by atoms with Crippen molar-refractivity contribution in [3.8, 4) is 5.75 Å².